The first-order chi connectivity index (χ1) is 7.90. The van der Waals surface area contributed by atoms with Crippen LogP contribution < -0.4 is 5.73 Å². The molecule has 4 heteroatoms. The average molecular weight is 319 g/mol. The molecule has 0 amide bonds. The van der Waals surface area contributed by atoms with Crippen LogP contribution >= 0.6 is 27.5 Å². The molecule has 0 heterocycles. The summed E-state index contributed by atoms with van der Waals surface area (Å²) in [6.07, 6.45) is 0.761. The third-order valence-electron chi connectivity index (χ3n) is 2.72. The number of carbonyl (C=O) groups excluding carboxylic acids is 1. The van der Waals surface area contributed by atoms with Gasteiger partial charge in [0.05, 0.1) is 0 Å². The fourth-order valence-electron chi connectivity index (χ4n) is 1.45. The van der Waals surface area contributed by atoms with Gasteiger partial charge in [0.2, 0.25) is 0 Å². The highest BCUT2D eigenvalue weighted by atomic mass is 79.9. The molecule has 0 saturated heterocycles. The van der Waals surface area contributed by atoms with E-state index in [9.17, 15) is 4.79 Å². The van der Waals surface area contributed by atoms with Gasteiger partial charge in [-0.15, -0.1) is 0 Å². The summed E-state index contributed by atoms with van der Waals surface area (Å²) >= 11 is 9.39. The van der Waals surface area contributed by atoms with Gasteiger partial charge in [-0.25, -0.2) is 0 Å². The Morgan fingerprint density at radius 3 is 2.65 bits per heavy atom. The van der Waals surface area contributed by atoms with Gasteiger partial charge in [-0.1, -0.05) is 47.4 Å². The number of ketones is 1. The molecular weight excluding hydrogens is 302 g/mol. The van der Waals surface area contributed by atoms with Crippen molar-refractivity contribution in [3.8, 4) is 0 Å². The van der Waals surface area contributed by atoms with E-state index < -0.39 is 0 Å². The summed E-state index contributed by atoms with van der Waals surface area (Å²) in [6, 6.07) is 5.48. The van der Waals surface area contributed by atoms with Gasteiger partial charge in [0.1, 0.15) is 5.78 Å². The van der Waals surface area contributed by atoms with Crippen molar-refractivity contribution < 1.29 is 4.79 Å². The lowest BCUT2D eigenvalue weighted by atomic mass is 9.97. The summed E-state index contributed by atoms with van der Waals surface area (Å²) in [6.45, 7) is 4.04. The van der Waals surface area contributed by atoms with Gasteiger partial charge in [-0.2, -0.15) is 0 Å². The summed E-state index contributed by atoms with van der Waals surface area (Å²) < 4.78 is 0.914. The summed E-state index contributed by atoms with van der Waals surface area (Å²) in [7, 11) is 0. The molecule has 2 nitrogen and oxygen atoms in total. The van der Waals surface area contributed by atoms with Crippen molar-refractivity contribution in [3.63, 3.8) is 0 Å². The largest absolute Gasteiger partial charge is 0.327 e. The maximum Gasteiger partial charge on any atom is 0.138 e. The predicted molar refractivity (Wildman–Crippen MR) is 75.3 cm³/mol. The van der Waals surface area contributed by atoms with E-state index >= 15 is 0 Å². The molecule has 1 unspecified atom stereocenters. The van der Waals surface area contributed by atoms with E-state index in [4.69, 9.17) is 17.3 Å². The lowest BCUT2D eigenvalue weighted by Gasteiger charge is -2.14. The molecule has 1 atom stereocenters. The third kappa shape index (κ3) is 4.78. The molecule has 94 valence electrons. The molecule has 0 fully saturated rings. The molecule has 0 saturated carbocycles. The van der Waals surface area contributed by atoms with E-state index in [1.165, 1.54) is 0 Å². The van der Waals surface area contributed by atoms with Crippen LogP contribution in [0.15, 0.2) is 22.7 Å². The average Bonchev–Trinajstić information content (AvgIpc) is 2.22. The first-order valence-corrected chi connectivity index (χ1v) is 6.78. The van der Waals surface area contributed by atoms with Crippen molar-refractivity contribution in [2.24, 2.45) is 11.7 Å². The zero-order valence-electron chi connectivity index (χ0n) is 10.0. The van der Waals surface area contributed by atoms with E-state index in [-0.39, 0.29) is 11.8 Å². The number of hydrogen-bond acceptors (Lipinski definition) is 2. The van der Waals surface area contributed by atoms with E-state index in [0.29, 0.717) is 23.8 Å². The van der Waals surface area contributed by atoms with Crippen LogP contribution in [0.1, 0.15) is 25.8 Å². The van der Waals surface area contributed by atoms with Crippen LogP contribution in [0, 0.1) is 5.92 Å². The number of Topliss-reactive ketones (excluding diaryl/α,β-unsaturated/α-hetero) is 1. The Morgan fingerprint density at radius 1 is 1.47 bits per heavy atom. The highest BCUT2D eigenvalue weighted by molar-refractivity contribution is 9.10. The molecule has 0 aliphatic rings. The Morgan fingerprint density at radius 2 is 2.12 bits per heavy atom. The number of rotatable bonds is 5. The second-order valence-electron chi connectivity index (χ2n) is 4.56. The van der Waals surface area contributed by atoms with E-state index in [1.54, 1.807) is 6.07 Å². The fourth-order valence-corrected chi connectivity index (χ4v) is 2.19. The molecule has 1 aromatic carbocycles. The summed E-state index contributed by atoms with van der Waals surface area (Å²) in [5.41, 5.74) is 6.73. The normalized spacial score (nSPS) is 12.8. The molecule has 0 aromatic heterocycles. The highest BCUT2D eigenvalue weighted by Crippen LogP contribution is 2.22. The summed E-state index contributed by atoms with van der Waals surface area (Å²) in [4.78, 5) is 11.8. The Labute approximate surface area is 116 Å². The van der Waals surface area contributed by atoms with Crippen LogP contribution in [0.5, 0.6) is 0 Å². The van der Waals surface area contributed by atoms with Crippen molar-refractivity contribution >= 4 is 33.3 Å². The first kappa shape index (κ1) is 14.7. The van der Waals surface area contributed by atoms with Gasteiger partial charge in [0, 0.05) is 28.4 Å². The van der Waals surface area contributed by atoms with E-state index in [1.807, 2.05) is 26.0 Å². The second-order valence-corrected chi connectivity index (χ2v) is 5.89. The molecule has 0 bridgehead atoms. The molecule has 1 aromatic rings. The van der Waals surface area contributed by atoms with Crippen LogP contribution in [0.3, 0.4) is 0 Å². The first-order valence-electron chi connectivity index (χ1n) is 5.61. The Kier molecular flexibility index (Phi) is 5.63. The van der Waals surface area contributed by atoms with Gasteiger partial charge in [0.15, 0.2) is 0 Å². The smallest absolute Gasteiger partial charge is 0.138 e. The van der Waals surface area contributed by atoms with Crippen LogP contribution in [0.25, 0.3) is 0 Å². The SMILES string of the molecule is CC(C)C(N)CC(=O)Cc1ccc(Br)cc1Cl. The minimum Gasteiger partial charge on any atom is -0.327 e. The molecule has 0 aliphatic heterocycles. The zero-order valence-corrected chi connectivity index (χ0v) is 12.4. The summed E-state index contributed by atoms with van der Waals surface area (Å²) in [5.74, 6) is 0.453. The monoisotopic (exact) mass is 317 g/mol. The number of nitrogens with two attached hydrogens (primary N) is 1. The van der Waals surface area contributed by atoms with Crippen molar-refractivity contribution in [1.82, 2.24) is 0 Å². The van der Waals surface area contributed by atoms with Crippen LogP contribution in [0.2, 0.25) is 5.02 Å². The van der Waals surface area contributed by atoms with Crippen molar-refractivity contribution in [1.29, 1.82) is 0 Å². The Bertz CT molecular complexity index is 406. The van der Waals surface area contributed by atoms with Gasteiger partial charge in [0.25, 0.3) is 0 Å². The zero-order chi connectivity index (χ0) is 13.0. The molecular formula is C13H17BrClNO. The Hall–Kier alpha value is -0.380. The van der Waals surface area contributed by atoms with Crippen molar-refractivity contribution in [3.05, 3.63) is 33.3 Å². The van der Waals surface area contributed by atoms with Crippen molar-refractivity contribution in [2.45, 2.75) is 32.7 Å². The lowest BCUT2D eigenvalue weighted by Crippen LogP contribution is -2.29. The van der Waals surface area contributed by atoms with Gasteiger partial charge < -0.3 is 5.73 Å². The number of halogens is 2. The van der Waals surface area contributed by atoms with Crippen LogP contribution in [-0.4, -0.2) is 11.8 Å². The molecule has 0 radical (unpaired) electrons. The molecule has 17 heavy (non-hydrogen) atoms. The Balaban J connectivity index is 2.62. The standard InChI is InChI=1S/C13H17BrClNO/c1-8(2)13(16)7-11(17)5-9-3-4-10(14)6-12(9)15/h3-4,6,8,13H,5,7,16H2,1-2H3. The topological polar surface area (TPSA) is 43.1 Å². The number of benzene rings is 1. The van der Waals surface area contributed by atoms with Crippen LogP contribution in [-0.2, 0) is 11.2 Å². The maximum atomic E-state index is 11.8. The van der Waals surface area contributed by atoms with Gasteiger partial charge in [-0.05, 0) is 23.6 Å². The number of carbonyl (C=O) groups is 1. The third-order valence-corrected chi connectivity index (χ3v) is 3.57. The van der Waals surface area contributed by atoms with Crippen LogP contribution in [0.4, 0.5) is 0 Å². The minimum absolute atomic E-state index is 0.0725. The van der Waals surface area contributed by atoms with E-state index in [2.05, 4.69) is 15.9 Å². The second kappa shape index (κ2) is 6.53. The molecule has 0 aliphatic carbocycles. The quantitative estimate of drug-likeness (QED) is 0.901. The lowest BCUT2D eigenvalue weighted by molar-refractivity contribution is -0.118. The predicted octanol–water partition coefficient (Wildman–Crippen LogP) is 3.59. The molecule has 0 spiro atoms. The highest BCUT2D eigenvalue weighted by Gasteiger charge is 2.14. The van der Waals surface area contributed by atoms with E-state index in [0.717, 1.165) is 10.0 Å². The summed E-state index contributed by atoms with van der Waals surface area (Å²) in [5, 5.41) is 0.617. The molecule has 1 rings (SSSR count). The molecule has 2 N–H and O–H groups in total. The van der Waals surface area contributed by atoms with Gasteiger partial charge >= 0.3 is 0 Å². The minimum atomic E-state index is -0.0725. The fraction of sp³-hybridized carbons (Fsp3) is 0.462. The number of hydrogen-bond donors (Lipinski definition) is 1. The van der Waals surface area contributed by atoms with Crippen molar-refractivity contribution in [2.75, 3.05) is 0 Å². The maximum absolute atomic E-state index is 11.8. The van der Waals surface area contributed by atoms with Gasteiger partial charge in [-0.3, -0.25) is 4.79 Å².